The van der Waals surface area contributed by atoms with Crippen molar-refractivity contribution < 1.29 is 22.7 Å². The molecule has 8 nitrogen and oxygen atoms in total. The summed E-state index contributed by atoms with van der Waals surface area (Å²) in [5.74, 6) is -0.934. The van der Waals surface area contributed by atoms with Crippen LogP contribution in [0.25, 0.3) is 0 Å². The van der Waals surface area contributed by atoms with Crippen LogP contribution in [0.1, 0.15) is 30.6 Å². The fraction of sp³-hybridized carbons (Fsp3) is 0.529. The molecule has 0 bridgehead atoms. The van der Waals surface area contributed by atoms with Crippen molar-refractivity contribution in [1.29, 1.82) is 0 Å². The molecule has 0 spiro atoms. The molecule has 10 heteroatoms. The summed E-state index contributed by atoms with van der Waals surface area (Å²) in [6.07, 6.45) is 0.777. The van der Waals surface area contributed by atoms with Crippen molar-refractivity contribution in [2.45, 2.75) is 31.2 Å². The molecular formula is C17H24ClN3O5S. The molecule has 0 saturated carbocycles. The second-order valence-corrected chi connectivity index (χ2v) is 8.49. The summed E-state index contributed by atoms with van der Waals surface area (Å²) >= 11 is 6.08. The van der Waals surface area contributed by atoms with Gasteiger partial charge >= 0.3 is 0 Å². The first-order chi connectivity index (χ1) is 12.8. The molecule has 1 heterocycles. The molecule has 2 rings (SSSR count). The number of carbonyl (C=O) groups excluding carboxylic acids is 2. The first-order valence-corrected chi connectivity index (χ1v) is 10.5. The van der Waals surface area contributed by atoms with Crippen LogP contribution in [0.5, 0.6) is 0 Å². The molecule has 2 N–H and O–H groups in total. The van der Waals surface area contributed by atoms with Crippen LogP contribution in [-0.4, -0.2) is 63.4 Å². The van der Waals surface area contributed by atoms with Gasteiger partial charge in [0, 0.05) is 19.6 Å². The molecule has 0 aliphatic carbocycles. The predicted octanol–water partition coefficient (Wildman–Crippen LogP) is 1.01. The topological polar surface area (TPSA) is 105 Å². The molecule has 1 fully saturated rings. The van der Waals surface area contributed by atoms with E-state index in [9.17, 15) is 18.0 Å². The number of nitrogens with one attached hydrogen (secondary N) is 2. The van der Waals surface area contributed by atoms with Gasteiger partial charge in [0.15, 0.2) is 0 Å². The van der Waals surface area contributed by atoms with Crippen molar-refractivity contribution in [3.05, 3.63) is 28.8 Å². The average molecular weight is 418 g/mol. The number of ether oxygens (including phenoxy) is 1. The number of hydrogen-bond acceptors (Lipinski definition) is 5. The van der Waals surface area contributed by atoms with E-state index in [0.29, 0.717) is 19.8 Å². The van der Waals surface area contributed by atoms with Crippen molar-refractivity contribution in [1.82, 2.24) is 14.9 Å². The summed E-state index contributed by atoms with van der Waals surface area (Å²) in [6, 6.07) is 3.19. The van der Waals surface area contributed by atoms with E-state index in [4.69, 9.17) is 16.3 Å². The maximum atomic E-state index is 12.8. The zero-order chi connectivity index (χ0) is 20.0. The molecule has 0 radical (unpaired) electrons. The van der Waals surface area contributed by atoms with E-state index < -0.39 is 22.0 Å². The zero-order valence-electron chi connectivity index (χ0n) is 15.3. The smallest absolute Gasteiger partial charge is 0.253 e. The van der Waals surface area contributed by atoms with Gasteiger partial charge in [-0.1, -0.05) is 18.5 Å². The van der Waals surface area contributed by atoms with Crippen LogP contribution in [0.15, 0.2) is 23.1 Å². The monoisotopic (exact) mass is 417 g/mol. The van der Waals surface area contributed by atoms with E-state index >= 15 is 0 Å². The number of halogens is 1. The molecule has 0 unspecified atom stereocenters. The Balaban J connectivity index is 2.19. The molecule has 1 aliphatic rings. The Morgan fingerprint density at radius 3 is 2.59 bits per heavy atom. The van der Waals surface area contributed by atoms with Gasteiger partial charge in [0.2, 0.25) is 15.9 Å². The van der Waals surface area contributed by atoms with E-state index in [1.54, 1.807) is 6.92 Å². The number of amides is 2. The van der Waals surface area contributed by atoms with Gasteiger partial charge in [-0.05, 0) is 31.5 Å². The highest BCUT2D eigenvalue weighted by Gasteiger charge is 2.28. The van der Waals surface area contributed by atoms with Gasteiger partial charge < -0.3 is 15.4 Å². The number of hydrogen-bond donors (Lipinski definition) is 2. The standard InChI is InChI=1S/C17H24ClN3O5S/c1-3-6-19-16(22)12(2)20-17(23)14-11-13(4-5-15(14)18)27(24,25)21-7-9-26-10-8-21/h4-5,11-12H,3,6-10H2,1-2H3,(H,19,22)(H,20,23)/t12-/m1/s1. The third kappa shape index (κ3) is 5.41. The Kier molecular flexibility index (Phi) is 7.60. The van der Waals surface area contributed by atoms with Gasteiger partial charge in [0.1, 0.15) is 6.04 Å². The minimum atomic E-state index is -3.76. The first-order valence-electron chi connectivity index (χ1n) is 8.73. The number of benzene rings is 1. The number of rotatable bonds is 7. The van der Waals surface area contributed by atoms with Crippen LogP contribution in [0.4, 0.5) is 0 Å². The highest BCUT2D eigenvalue weighted by atomic mass is 35.5. The van der Waals surface area contributed by atoms with Crippen LogP contribution < -0.4 is 10.6 Å². The highest BCUT2D eigenvalue weighted by molar-refractivity contribution is 7.89. The Labute approximate surface area is 164 Å². The highest BCUT2D eigenvalue weighted by Crippen LogP contribution is 2.23. The quantitative estimate of drug-likeness (QED) is 0.688. The Morgan fingerprint density at radius 2 is 1.96 bits per heavy atom. The molecule has 1 aliphatic heterocycles. The zero-order valence-corrected chi connectivity index (χ0v) is 16.9. The van der Waals surface area contributed by atoms with Gasteiger partial charge in [0.25, 0.3) is 5.91 Å². The van der Waals surface area contributed by atoms with E-state index in [0.717, 1.165) is 6.42 Å². The van der Waals surface area contributed by atoms with Crippen LogP contribution in [0, 0.1) is 0 Å². The Hall–Kier alpha value is -1.68. The fourth-order valence-electron chi connectivity index (χ4n) is 2.52. The first kappa shape index (κ1) is 21.6. The molecule has 27 heavy (non-hydrogen) atoms. The number of sulfonamides is 1. The average Bonchev–Trinajstić information content (AvgIpc) is 2.66. The summed E-state index contributed by atoms with van der Waals surface area (Å²) in [5, 5.41) is 5.33. The van der Waals surface area contributed by atoms with Crippen molar-refractivity contribution in [3.63, 3.8) is 0 Å². The number of morpholine rings is 1. The maximum Gasteiger partial charge on any atom is 0.253 e. The number of nitrogens with zero attached hydrogens (tertiary/aromatic N) is 1. The molecule has 150 valence electrons. The van der Waals surface area contributed by atoms with E-state index in [1.165, 1.54) is 22.5 Å². The molecule has 1 atom stereocenters. The Morgan fingerprint density at radius 1 is 1.30 bits per heavy atom. The van der Waals surface area contributed by atoms with Crippen LogP contribution >= 0.6 is 11.6 Å². The van der Waals surface area contributed by atoms with Crippen LogP contribution in [0.3, 0.4) is 0 Å². The second-order valence-electron chi connectivity index (χ2n) is 6.14. The normalized spacial score (nSPS) is 16.6. The lowest BCUT2D eigenvalue weighted by atomic mass is 10.2. The molecule has 1 saturated heterocycles. The predicted molar refractivity (Wildman–Crippen MR) is 101 cm³/mol. The molecular weight excluding hydrogens is 394 g/mol. The van der Waals surface area contributed by atoms with Crippen molar-refractivity contribution in [2.24, 2.45) is 0 Å². The van der Waals surface area contributed by atoms with Crippen molar-refractivity contribution >= 4 is 33.4 Å². The molecule has 1 aromatic carbocycles. The van der Waals surface area contributed by atoms with Gasteiger partial charge in [-0.2, -0.15) is 4.31 Å². The third-order valence-corrected chi connectivity index (χ3v) is 6.30. The lowest BCUT2D eigenvalue weighted by Crippen LogP contribution is -2.45. The molecule has 0 aromatic heterocycles. The van der Waals surface area contributed by atoms with Crippen molar-refractivity contribution in [2.75, 3.05) is 32.8 Å². The minimum Gasteiger partial charge on any atom is -0.379 e. The number of carbonyl (C=O) groups is 2. The second kappa shape index (κ2) is 9.50. The summed E-state index contributed by atoms with van der Waals surface area (Å²) in [7, 11) is -3.76. The van der Waals surface area contributed by atoms with E-state index in [-0.39, 0.29) is 34.5 Å². The Bertz CT molecular complexity index is 794. The SMILES string of the molecule is CCCNC(=O)[C@@H](C)NC(=O)c1cc(S(=O)(=O)N2CCOCC2)ccc1Cl. The minimum absolute atomic E-state index is 0.00106. The van der Waals surface area contributed by atoms with E-state index in [2.05, 4.69) is 10.6 Å². The maximum absolute atomic E-state index is 12.8. The summed E-state index contributed by atoms with van der Waals surface area (Å²) in [5.41, 5.74) is 0.00106. The van der Waals surface area contributed by atoms with E-state index in [1.807, 2.05) is 6.92 Å². The lowest BCUT2D eigenvalue weighted by Gasteiger charge is -2.26. The summed E-state index contributed by atoms with van der Waals surface area (Å²) in [6.45, 7) is 5.12. The summed E-state index contributed by atoms with van der Waals surface area (Å²) in [4.78, 5) is 24.4. The fourth-order valence-corrected chi connectivity index (χ4v) is 4.15. The van der Waals surface area contributed by atoms with Gasteiger partial charge in [-0.25, -0.2) is 8.42 Å². The lowest BCUT2D eigenvalue weighted by molar-refractivity contribution is -0.122. The van der Waals surface area contributed by atoms with Gasteiger partial charge in [-0.15, -0.1) is 0 Å². The molecule has 1 aromatic rings. The van der Waals surface area contributed by atoms with Crippen molar-refractivity contribution in [3.8, 4) is 0 Å². The van der Waals surface area contributed by atoms with Crippen LogP contribution in [-0.2, 0) is 19.6 Å². The largest absolute Gasteiger partial charge is 0.379 e. The van der Waals surface area contributed by atoms with Gasteiger partial charge in [0.05, 0.1) is 28.7 Å². The molecule has 2 amide bonds. The summed E-state index contributed by atoms with van der Waals surface area (Å²) < 4.78 is 32.0. The third-order valence-electron chi connectivity index (χ3n) is 4.08. The van der Waals surface area contributed by atoms with Crippen LogP contribution in [0.2, 0.25) is 5.02 Å². The van der Waals surface area contributed by atoms with Gasteiger partial charge in [-0.3, -0.25) is 9.59 Å².